The van der Waals surface area contributed by atoms with E-state index in [-0.39, 0.29) is 12.2 Å². The molecule has 2 saturated carbocycles. The SMILES string of the molecule is CC(C)(C)OC(=O)N1CCN(C2CCC(CO)CC2)CC1.CC(C)(C)OC(=O)N1CCN(C2CCC(CO)CC2)CC1. The molecule has 0 aromatic carbocycles. The molecule has 4 fully saturated rings. The van der Waals surface area contributed by atoms with E-state index in [0.29, 0.717) is 37.1 Å². The molecule has 0 aromatic heterocycles. The third kappa shape index (κ3) is 11.5. The molecule has 2 amide bonds. The number of hydrogen-bond donors (Lipinski definition) is 2. The number of carbonyl (C=O) groups excluding carboxylic acids is 2. The smallest absolute Gasteiger partial charge is 0.410 e. The normalized spacial score (nSPS) is 28.5. The number of piperazine rings is 2. The van der Waals surface area contributed by atoms with Gasteiger partial charge in [0.25, 0.3) is 0 Å². The number of ether oxygens (including phenoxy) is 2. The van der Waals surface area contributed by atoms with Crippen molar-refractivity contribution in [3.05, 3.63) is 0 Å². The minimum Gasteiger partial charge on any atom is -0.444 e. The Morgan fingerprint density at radius 2 is 0.833 bits per heavy atom. The first-order valence-corrected chi connectivity index (χ1v) is 16.4. The van der Waals surface area contributed by atoms with Crippen LogP contribution in [0.1, 0.15) is 92.9 Å². The Morgan fingerprint density at radius 1 is 0.548 bits per heavy atom. The highest BCUT2D eigenvalue weighted by Gasteiger charge is 2.32. The second-order valence-electron chi connectivity index (χ2n) is 14.7. The van der Waals surface area contributed by atoms with Crippen molar-refractivity contribution in [1.82, 2.24) is 19.6 Å². The molecule has 2 aliphatic heterocycles. The second-order valence-corrected chi connectivity index (χ2v) is 14.7. The maximum atomic E-state index is 12.0. The fraction of sp³-hybridized carbons (Fsp3) is 0.938. The summed E-state index contributed by atoms with van der Waals surface area (Å²) < 4.78 is 10.9. The van der Waals surface area contributed by atoms with Crippen molar-refractivity contribution in [3.8, 4) is 0 Å². The molecule has 4 aliphatic rings. The minimum atomic E-state index is -0.420. The zero-order chi connectivity index (χ0) is 30.9. The molecule has 0 spiro atoms. The van der Waals surface area contributed by atoms with Crippen LogP contribution in [0.15, 0.2) is 0 Å². The number of aliphatic hydroxyl groups is 2. The highest BCUT2D eigenvalue weighted by Crippen LogP contribution is 2.29. The first kappa shape index (κ1) is 34.9. The van der Waals surface area contributed by atoms with Gasteiger partial charge in [-0.1, -0.05) is 0 Å². The minimum absolute atomic E-state index is 0.189. The van der Waals surface area contributed by atoms with Crippen molar-refractivity contribution < 1.29 is 29.3 Å². The lowest BCUT2D eigenvalue weighted by Gasteiger charge is -2.41. The largest absolute Gasteiger partial charge is 0.444 e. The fourth-order valence-corrected chi connectivity index (χ4v) is 6.58. The van der Waals surface area contributed by atoms with Crippen LogP contribution in [0, 0.1) is 11.8 Å². The number of carbonyl (C=O) groups is 2. The first-order valence-electron chi connectivity index (χ1n) is 16.4. The Kier molecular flexibility index (Phi) is 13.2. The van der Waals surface area contributed by atoms with E-state index < -0.39 is 11.2 Å². The van der Waals surface area contributed by atoms with Crippen molar-refractivity contribution in [1.29, 1.82) is 0 Å². The van der Waals surface area contributed by atoms with Crippen molar-refractivity contribution in [3.63, 3.8) is 0 Å². The van der Waals surface area contributed by atoms with E-state index in [9.17, 15) is 19.8 Å². The van der Waals surface area contributed by atoms with E-state index in [1.54, 1.807) is 0 Å². The number of nitrogens with zero attached hydrogens (tertiary/aromatic N) is 4. The van der Waals surface area contributed by atoms with Crippen LogP contribution in [-0.2, 0) is 9.47 Å². The maximum absolute atomic E-state index is 12.0. The molecular formula is C32H60N4O6. The molecule has 244 valence electrons. The highest BCUT2D eigenvalue weighted by atomic mass is 16.6. The van der Waals surface area contributed by atoms with Gasteiger partial charge in [0.2, 0.25) is 0 Å². The van der Waals surface area contributed by atoms with Crippen LogP contribution in [0.3, 0.4) is 0 Å². The predicted octanol–water partition coefficient (Wildman–Crippen LogP) is 4.18. The Labute approximate surface area is 254 Å². The lowest BCUT2D eigenvalue weighted by molar-refractivity contribution is 0.00562. The summed E-state index contributed by atoms with van der Waals surface area (Å²) in [6.07, 6.45) is 8.86. The molecule has 10 nitrogen and oxygen atoms in total. The van der Waals surface area contributed by atoms with Gasteiger partial charge in [-0.15, -0.1) is 0 Å². The Bertz CT molecular complexity index is 744. The van der Waals surface area contributed by atoms with Crippen LogP contribution in [0.2, 0.25) is 0 Å². The van der Waals surface area contributed by atoms with E-state index >= 15 is 0 Å². The standard InChI is InChI=1S/2C16H30N2O3/c2*1-16(2,3)21-15(20)18-10-8-17(9-11-18)14-6-4-13(12-19)5-7-14/h2*13-14,19H,4-12H2,1-3H3. The maximum Gasteiger partial charge on any atom is 0.410 e. The average molecular weight is 597 g/mol. The van der Waals surface area contributed by atoms with E-state index in [0.717, 1.165) is 78.0 Å². The molecule has 4 rings (SSSR count). The van der Waals surface area contributed by atoms with Gasteiger partial charge in [-0.05, 0) is 105 Å². The molecule has 2 N–H and O–H groups in total. The van der Waals surface area contributed by atoms with E-state index in [1.165, 1.54) is 25.7 Å². The van der Waals surface area contributed by atoms with Gasteiger partial charge in [-0.3, -0.25) is 9.80 Å². The van der Waals surface area contributed by atoms with Crippen molar-refractivity contribution in [2.45, 2.75) is 116 Å². The lowest BCUT2D eigenvalue weighted by atomic mass is 9.85. The number of hydrogen-bond acceptors (Lipinski definition) is 8. The molecule has 0 radical (unpaired) electrons. The summed E-state index contributed by atoms with van der Waals surface area (Å²) in [5, 5.41) is 18.4. The van der Waals surface area contributed by atoms with E-state index in [4.69, 9.17) is 9.47 Å². The summed E-state index contributed by atoms with van der Waals surface area (Å²) in [6.45, 7) is 18.9. The molecule has 10 heteroatoms. The third-order valence-electron chi connectivity index (χ3n) is 9.11. The lowest BCUT2D eigenvalue weighted by Crippen LogP contribution is -2.53. The molecule has 2 saturated heterocycles. The van der Waals surface area contributed by atoms with Gasteiger partial charge < -0.3 is 29.5 Å². The molecule has 2 aliphatic carbocycles. The van der Waals surface area contributed by atoms with Crippen LogP contribution in [-0.4, -0.2) is 131 Å². The van der Waals surface area contributed by atoms with Crippen LogP contribution in [0.4, 0.5) is 9.59 Å². The summed E-state index contributed by atoms with van der Waals surface area (Å²) in [5.74, 6) is 1.01. The van der Waals surface area contributed by atoms with Crippen molar-refractivity contribution >= 4 is 12.2 Å². The number of aliphatic hydroxyl groups excluding tert-OH is 2. The van der Waals surface area contributed by atoms with Crippen molar-refractivity contribution in [2.24, 2.45) is 11.8 Å². The third-order valence-corrected chi connectivity index (χ3v) is 9.11. The average Bonchev–Trinajstić information content (AvgIpc) is 2.96. The van der Waals surface area contributed by atoms with E-state index in [1.807, 2.05) is 51.3 Å². The van der Waals surface area contributed by atoms with E-state index in [2.05, 4.69) is 9.80 Å². The van der Waals surface area contributed by atoms with Crippen LogP contribution >= 0.6 is 0 Å². The quantitative estimate of drug-likeness (QED) is 0.498. The number of rotatable bonds is 4. The Balaban J connectivity index is 0.000000230. The topological polar surface area (TPSA) is 106 Å². The fourth-order valence-electron chi connectivity index (χ4n) is 6.58. The summed E-state index contributed by atoms with van der Waals surface area (Å²) >= 11 is 0. The molecule has 0 unspecified atom stereocenters. The predicted molar refractivity (Wildman–Crippen MR) is 164 cm³/mol. The second kappa shape index (κ2) is 15.9. The van der Waals surface area contributed by atoms with Crippen LogP contribution < -0.4 is 0 Å². The Morgan fingerprint density at radius 3 is 1.07 bits per heavy atom. The molecule has 0 bridgehead atoms. The molecule has 42 heavy (non-hydrogen) atoms. The zero-order valence-corrected chi connectivity index (χ0v) is 27.4. The molecule has 0 aromatic rings. The van der Waals surface area contributed by atoms with Crippen molar-refractivity contribution in [2.75, 3.05) is 65.6 Å². The Hall–Kier alpha value is -1.62. The molecule has 0 atom stereocenters. The van der Waals surface area contributed by atoms with Gasteiger partial charge in [0.05, 0.1) is 0 Å². The summed E-state index contributed by atoms with van der Waals surface area (Å²) in [6, 6.07) is 1.27. The van der Waals surface area contributed by atoms with Gasteiger partial charge in [0.1, 0.15) is 11.2 Å². The highest BCUT2D eigenvalue weighted by molar-refractivity contribution is 5.68. The van der Waals surface area contributed by atoms with Crippen LogP contribution in [0.5, 0.6) is 0 Å². The summed E-state index contributed by atoms with van der Waals surface area (Å²) in [5.41, 5.74) is -0.839. The first-order chi connectivity index (χ1) is 19.8. The van der Waals surface area contributed by atoms with Gasteiger partial charge in [0.15, 0.2) is 0 Å². The van der Waals surface area contributed by atoms with Gasteiger partial charge in [0, 0.05) is 77.7 Å². The number of amides is 2. The van der Waals surface area contributed by atoms with Gasteiger partial charge in [-0.2, -0.15) is 0 Å². The molecule has 2 heterocycles. The van der Waals surface area contributed by atoms with Gasteiger partial charge in [-0.25, -0.2) is 9.59 Å². The zero-order valence-electron chi connectivity index (χ0n) is 27.4. The molecular weight excluding hydrogens is 536 g/mol. The summed E-state index contributed by atoms with van der Waals surface area (Å²) in [4.78, 5) is 32.7. The van der Waals surface area contributed by atoms with Crippen LogP contribution in [0.25, 0.3) is 0 Å². The summed E-state index contributed by atoms with van der Waals surface area (Å²) in [7, 11) is 0. The van der Waals surface area contributed by atoms with Gasteiger partial charge >= 0.3 is 12.2 Å². The monoisotopic (exact) mass is 596 g/mol.